The summed E-state index contributed by atoms with van der Waals surface area (Å²) in [5.41, 5.74) is 5.39. The molecule has 1 heterocycles. The lowest BCUT2D eigenvalue weighted by atomic mass is 9.89. The third-order valence-corrected chi connectivity index (χ3v) is 3.77. The van der Waals surface area contributed by atoms with Gasteiger partial charge in [-0.2, -0.15) is 0 Å². The van der Waals surface area contributed by atoms with Gasteiger partial charge in [0.05, 0.1) is 6.04 Å². The fourth-order valence-corrected chi connectivity index (χ4v) is 2.85. The maximum absolute atomic E-state index is 6.09. The van der Waals surface area contributed by atoms with Crippen molar-refractivity contribution in [1.29, 1.82) is 0 Å². The lowest BCUT2D eigenvalue weighted by Gasteiger charge is -2.28. The Hall–Kier alpha value is -1.31. The molecule has 0 fully saturated rings. The quantitative estimate of drug-likeness (QED) is 0.818. The first-order chi connectivity index (χ1) is 8.74. The molecule has 0 aliphatic carbocycles. The molecule has 2 aromatic carbocycles. The fourth-order valence-electron chi connectivity index (χ4n) is 2.66. The van der Waals surface area contributed by atoms with Gasteiger partial charge in [-0.1, -0.05) is 47.5 Å². The van der Waals surface area contributed by atoms with Gasteiger partial charge in [0, 0.05) is 11.6 Å². The predicted octanol–water partition coefficient (Wildman–Crippen LogP) is 3.88. The molecule has 1 nitrogen and oxygen atoms in total. The Balaban J connectivity index is 2.08. The van der Waals surface area contributed by atoms with Crippen molar-refractivity contribution in [3.8, 4) is 0 Å². The van der Waals surface area contributed by atoms with Gasteiger partial charge in [0.1, 0.15) is 0 Å². The first-order valence-electron chi connectivity index (χ1n) is 6.32. The molecule has 0 aromatic heterocycles. The van der Waals surface area contributed by atoms with Gasteiger partial charge in [0.25, 0.3) is 0 Å². The van der Waals surface area contributed by atoms with Gasteiger partial charge in [0.2, 0.25) is 0 Å². The molecule has 3 rings (SSSR count). The van der Waals surface area contributed by atoms with Crippen LogP contribution in [0.4, 0.5) is 0 Å². The summed E-state index contributed by atoms with van der Waals surface area (Å²) in [5.74, 6) is 0. The van der Waals surface area contributed by atoms with Gasteiger partial charge in [-0.25, -0.2) is 0 Å². The normalized spacial score (nSPS) is 18.4. The number of nitrogens with one attached hydrogen (secondary N) is 1. The third kappa shape index (κ3) is 2.16. The zero-order valence-corrected chi connectivity index (χ0v) is 11.2. The summed E-state index contributed by atoms with van der Waals surface area (Å²) in [6, 6.07) is 15.1. The van der Waals surface area contributed by atoms with Crippen LogP contribution in [-0.2, 0) is 6.42 Å². The number of fused-ring (bicyclic) bond motifs is 1. The Labute approximate surface area is 113 Å². The van der Waals surface area contributed by atoms with Crippen molar-refractivity contribution in [3.63, 3.8) is 0 Å². The smallest absolute Gasteiger partial charge is 0.0580 e. The summed E-state index contributed by atoms with van der Waals surface area (Å²) in [7, 11) is 0. The highest BCUT2D eigenvalue weighted by molar-refractivity contribution is 6.30. The van der Waals surface area contributed by atoms with Crippen LogP contribution in [0.3, 0.4) is 0 Å². The minimum absolute atomic E-state index is 0.271. The lowest BCUT2D eigenvalue weighted by molar-refractivity contribution is 0.567. The molecule has 92 valence electrons. The SMILES string of the molecule is Cc1ccc2c(c1)C(c1cccc(Cl)c1)NCC2. The molecule has 18 heavy (non-hydrogen) atoms. The van der Waals surface area contributed by atoms with Gasteiger partial charge in [-0.05, 0) is 42.2 Å². The maximum Gasteiger partial charge on any atom is 0.0580 e. The van der Waals surface area contributed by atoms with E-state index in [2.05, 4.69) is 42.6 Å². The van der Waals surface area contributed by atoms with Crippen molar-refractivity contribution in [3.05, 3.63) is 69.7 Å². The third-order valence-electron chi connectivity index (χ3n) is 3.54. The number of halogens is 1. The molecule has 1 atom stereocenters. The van der Waals surface area contributed by atoms with Crippen LogP contribution < -0.4 is 5.32 Å². The number of aryl methyl sites for hydroxylation is 1. The zero-order valence-electron chi connectivity index (χ0n) is 10.4. The standard InChI is InChI=1S/C16H16ClN/c1-11-5-6-12-7-8-18-16(15(12)9-11)13-3-2-4-14(17)10-13/h2-6,9-10,16,18H,7-8H2,1H3. The van der Waals surface area contributed by atoms with Crippen molar-refractivity contribution in [1.82, 2.24) is 5.32 Å². The average Bonchev–Trinajstić information content (AvgIpc) is 2.38. The molecule has 0 amide bonds. The van der Waals surface area contributed by atoms with E-state index in [0.29, 0.717) is 0 Å². The molecule has 0 radical (unpaired) electrons. The topological polar surface area (TPSA) is 12.0 Å². The van der Waals surface area contributed by atoms with Gasteiger partial charge < -0.3 is 5.32 Å². The van der Waals surface area contributed by atoms with E-state index in [9.17, 15) is 0 Å². The van der Waals surface area contributed by atoms with Crippen LogP contribution in [0.2, 0.25) is 5.02 Å². The molecule has 2 heteroatoms. The summed E-state index contributed by atoms with van der Waals surface area (Å²) >= 11 is 6.09. The van der Waals surface area contributed by atoms with E-state index >= 15 is 0 Å². The highest BCUT2D eigenvalue weighted by atomic mass is 35.5. The van der Waals surface area contributed by atoms with Crippen molar-refractivity contribution in [2.45, 2.75) is 19.4 Å². The van der Waals surface area contributed by atoms with Gasteiger partial charge in [0.15, 0.2) is 0 Å². The highest BCUT2D eigenvalue weighted by Gasteiger charge is 2.21. The van der Waals surface area contributed by atoms with Crippen LogP contribution >= 0.6 is 11.6 Å². The summed E-state index contributed by atoms with van der Waals surface area (Å²) in [6.07, 6.45) is 1.10. The van der Waals surface area contributed by atoms with Crippen LogP contribution in [0.5, 0.6) is 0 Å². The van der Waals surface area contributed by atoms with E-state index in [1.54, 1.807) is 0 Å². The first-order valence-corrected chi connectivity index (χ1v) is 6.70. The summed E-state index contributed by atoms with van der Waals surface area (Å²) < 4.78 is 0. The van der Waals surface area contributed by atoms with Crippen LogP contribution in [0, 0.1) is 6.92 Å². The molecule has 1 aliphatic rings. The number of hydrogen-bond acceptors (Lipinski definition) is 1. The molecule has 0 spiro atoms. The summed E-state index contributed by atoms with van der Waals surface area (Å²) in [4.78, 5) is 0. The molecule has 0 bridgehead atoms. The average molecular weight is 258 g/mol. The van der Waals surface area contributed by atoms with E-state index in [4.69, 9.17) is 11.6 Å². The van der Waals surface area contributed by atoms with E-state index in [1.807, 2.05) is 12.1 Å². The van der Waals surface area contributed by atoms with Gasteiger partial charge in [-0.15, -0.1) is 0 Å². The molecular weight excluding hydrogens is 242 g/mol. The van der Waals surface area contributed by atoms with Crippen molar-refractivity contribution >= 4 is 11.6 Å². The monoisotopic (exact) mass is 257 g/mol. The summed E-state index contributed by atoms with van der Waals surface area (Å²) in [5, 5.41) is 4.39. The minimum Gasteiger partial charge on any atom is -0.306 e. The van der Waals surface area contributed by atoms with Crippen molar-refractivity contribution in [2.24, 2.45) is 0 Å². The Morgan fingerprint density at radius 1 is 1.17 bits per heavy atom. The second-order valence-electron chi connectivity index (χ2n) is 4.89. The van der Waals surface area contributed by atoms with Gasteiger partial charge in [-0.3, -0.25) is 0 Å². The Morgan fingerprint density at radius 2 is 2.06 bits per heavy atom. The Morgan fingerprint density at radius 3 is 2.89 bits per heavy atom. The molecule has 0 saturated carbocycles. The van der Waals surface area contributed by atoms with Crippen molar-refractivity contribution in [2.75, 3.05) is 6.54 Å². The van der Waals surface area contributed by atoms with Crippen LogP contribution in [0.1, 0.15) is 28.3 Å². The first kappa shape index (κ1) is 11.8. The molecule has 1 unspecified atom stereocenters. The van der Waals surface area contributed by atoms with Gasteiger partial charge >= 0.3 is 0 Å². The largest absolute Gasteiger partial charge is 0.306 e. The molecule has 2 aromatic rings. The molecule has 1 aliphatic heterocycles. The number of hydrogen-bond donors (Lipinski definition) is 1. The maximum atomic E-state index is 6.09. The Kier molecular flexibility index (Phi) is 3.11. The van der Waals surface area contributed by atoms with Crippen LogP contribution in [-0.4, -0.2) is 6.54 Å². The molecular formula is C16H16ClN. The molecule has 0 saturated heterocycles. The van der Waals surface area contributed by atoms with Crippen molar-refractivity contribution < 1.29 is 0 Å². The summed E-state index contributed by atoms with van der Waals surface area (Å²) in [6.45, 7) is 3.16. The lowest BCUT2D eigenvalue weighted by Crippen LogP contribution is -2.30. The number of rotatable bonds is 1. The molecule has 1 N–H and O–H groups in total. The Bertz CT molecular complexity index is 577. The van der Waals surface area contributed by atoms with E-state index < -0.39 is 0 Å². The van der Waals surface area contributed by atoms with E-state index in [-0.39, 0.29) is 6.04 Å². The number of benzene rings is 2. The minimum atomic E-state index is 0.271. The van der Waals surface area contributed by atoms with E-state index in [1.165, 1.54) is 22.3 Å². The predicted molar refractivity (Wildman–Crippen MR) is 76.2 cm³/mol. The second kappa shape index (κ2) is 4.75. The highest BCUT2D eigenvalue weighted by Crippen LogP contribution is 2.30. The fraction of sp³-hybridized carbons (Fsp3) is 0.250. The second-order valence-corrected chi connectivity index (χ2v) is 5.33. The van der Waals surface area contributed by atoms with Crippen LogP contribution in [0.25, 0.3) is 0 Å². The zero-order chi connectivity index (χ0) is 12.5. The van der Waals surface area contributed by atoms with E-state index in [0.717, 1.165) is 18.0 Å². The van der Waals surface area contributed by atoms with Crippen LogP contribution in [0.15, 0.2) is 42.5 Å².